The van der Waals surface area contributed by atoms with Crippen LogP contribution in [0.3, 0.4) is 0 Å². The largest absolute Gasteiger partial charge is 0.477 e. The molecule has 0 amide bonds. The molecule has 0 unspecified atom stereocenters. The van der Waals surface area contributed by atoms with E-state index in [-0.39, 0.29) is 23.0 Å². The van der Waals surface area contributed by atoms with Gasteiger partial charge in [0.2, 0.25) is 0 Å². The van der Waals surface area contributed by atoms with Gasteiger partial charge in [-0.05, 0) is 12.8 Å². The number of rotatable bonds is 2. The van der Waals surface area contributed by atoms with Crippen molar-refractivity contribution in [2.45, 2.75) is 18.8 Å². The van der Waals surface area contributed by atoms with E-state index in [1.54, 1.807) is 6.07 Å². The number of aromatic amines is 1. The highest BCUT2D eigenvalue weighted by molar-refractivity contribution is 7.91. The number of nitrogens with one attached hydrogen (secondary N) is 1. The van der Waals surface area contributed by atoms with Crippen LogP contribution >= 0.6 is 0 Å². The predicted octanol–water partition coefficient (Wildman–Crippen LogP) is 0.0130. The molecule has 2 aromatic heterocycles. The average Bonchev–Trinajstić information content (AvgIpc) is 2.83. The molecule has 8 nitrogen and oxygen atoms in total. The first-order valence-corrected chi connectivity index (χ1v) is 8.24. The molecule has 0 aliphatic carbocycles. The molecule has 1 saturated heterocycles. The van der Waals surface area contributed by atoms with E-state index in [9.17, 15) is 18.0 Å². The van der Waals surface area contributed by atoms with Crippen LogP contribution in [0, 0.1) is 0 Å². The van der Waals surface area contributed by atoms with Crippen molar-refractivity contribution in [3.63, 3.8) is 0 Å². The Morgan fingerprint density at radius 2 is 2.05 bits per heavy atom. The zero-order valence-corrected chi connectivity index (χ0v) is 11.8. The fourth-order valence-corrected chi connectivity index (χ4v) is 4.01. The van der Waals surface area contributed by atoms with E-state index < -0.39 is 21.4 Å². The van der Waals surface area contributed by atoms with Gasteiger partial charge in [0.25, 0.3) is 5.56 Å². The van der Waals surface area contributed by atoms with Gasteiger partial charge in [-0.3, -0.25) is 4.79 Å². The zero-order valence-electron chi connectivity index (χ0n) is 10.9. The number of carbonyl (C=O) groups is 1. The summed E-state index contributed by atoms with van der Waals surface area (Å²) < 4.78 is 23.9. The first kappa shape index (κ1) is 13.8. The first-order valence-electron chi connectivity index (χ1n) is 6.42. The number of hydrogen-bond acceptors (Lipinski definition) is 5. The molecule has 0 bridgehead atoms. The fourth-order valence-electron chi connectivity index (χ4n) is 2.52. The third-order valence-corrected chi connectivity index (χ3v) is 5.43. The fraction of sp³-hybridized carbons (Fsp3) is 0.417. The number of nitrogens with zero attached hydrogens (tertiary/aromatic N) is 2. The van der Waals surface area contributed by atoms with Crippen LogP contribution in [0.1, 0.15) is 34.8 Å². The summed E-state index contributed by atoms with van der Waals surface area (Å²) in [4.78, 5) is 25.6. The highest BCUT2D eigenvalue weighted by atomic mass is 32.2. The molecule has 112 valence electrons. The van der Waals surface area contributed by atoms with Crippen LogP contribution < -0.4 is 5.56 Å². The van der Waals surface area contributed by atoms with Crippen LogP contribution in [0.5, 0.6) is 0 Å². The maximum Gasteiger partial charge on any atom is 0.342 e. The molecule has 2 aromatic rings. The van der Waals surface area contributed by atoms with E-state index in [0.717, 1.165) is 10.7 Å². The number of carboxylic acids is 1. The Kier molecular flexibility index (Phi) is 3.08. The lowest BCUT2D eigenvalue weighted by Gasteiger charge is -2.19. The van der Waals surface area contributed by atoms with Gasteiger partial charge >= 0.3 is 5.97 Å². The minimum atomic E-state index is -2.96. The second-order valence-corrected chi connectivity index (χ2v) is 7.41. The van der Waals surface area contributed by atoms with Crippen molar-refractivity contribution in [3.8, 4) is 0 Å². The molecule has 3 rings (SSSR count). The maximum atomic E-state index is 12.0. The maximum absolute atomic E-state index is 12.0. The van der Waals surface area contributed by atoms with Crippen molar-refractivity contribution in [3.05, 3.63) is 33.9 Å². The van der Waals surface area contributed by atoms with Gasteiger partial charge in [0, 0.05) is 18.2 Å². The normalized spacial score (nSPS) is 18.9. The molecule has 0 radical (unpaired) electrons. The van der Waals surface area contributed by atoms with E-state index in [1.807, 2.05) is 0 Å². The summed E-state index contributed by atoms with van der Waals surface area (Å²) in [5.74, 6) is -1.13. The Hall–Kier alpha value is -2.16. The number of hydrogen-bond donors (Lipinski definition) is 2. The first-order chi connectivity index (χ1) is 9.87. The summed E-state index contributed by atoms with van der Waals surface area (Å²) >= 11 is 0. The minimum absolute atomic E-state index is 0.0329. The molecule has 21 heavy (non-hydrogen) atoms. The molecule has 3 heterocycles. The summed E-state index contributed by atoms with van der Waals surface area (Å²) in [6, 6.07) is 1.66. The van der Waals surface area contributed by atoms with E-state index >= 15 is 0 Å². The van der Waals surface area contributed by atoms with Gasteiger partial charge in [0.05, 0.1) is 17.2 Å². The molecule has 1 aliphatic rings. The van der Waals surface area contributed by atoms with E-state index in [4.69, 9.17) is 5.11 Å². The Bertz CT molecular complexity index is 866. The number of aromatic nitrogens is 3. The van der Waals surface area contributed by atoms with Crippen LogP contribution in [-0.4, -0.2) is 45.6 Å². The monoisotopic (exact) mass is 311 g/mol. The standard InChI is InChI=1S/C12H13N3O5S/c16-11-8(12(17)18)6-13-10-5-9(14-15(10)11)7-1-3-21(19,20)4-2-7/h5-7,13H,1-4H2,(H,17,18). The molecule has 0 saturated carbocycles. The number of sulfone groups is 1. The van der Waals surface area contributed by atoms with Crippen molar-refractivity contribution >= 4 is 21.5 Å². The van der Waals surface area contributed by atoms with Crippen LogP contribution in [-0.2, 0) is 9.84 Å². The third kappa shape index (κ3) is 2.44. The van der Waals surface area contributed by atoms with Gasteiger partial charge in [0.1, 0.15) is 21.0 Å². The molecule has 0 atom stereocenters. The van der Waals surface area contributed by atoms with Crippen molar-refractivity contribution in [2.24, 2.45) is 0 Å². The summed E-state index contributed by atoms with van der Waals surface area (Å²) in [5.41, 5.74) is -0.0801. The Morgan fingerprint density at radius 1 is 1.38 bits per heavy atom. The van der Waals surface area contributed by atoms with E-state index in [0.29, 0.717) is 24.2 Å². The molecule has 0 spiro atoms. The average molecular weight is 311 g/mol. The minimum Gasteiger partial charge on any atom is -0.477 e. The summed E-state index contributed by atoms with van der Waals surface area (Å²) in [7, 11) is -2.96. The molecule has 9 heteroatoms. The molecule has 1 fully saturated rings. The molecular weight excluding hydrogens is 298 g/mol. The van der Waals surface area contributed by atoms with Crippen molar-refractivity contribution in [1.82, 2.24) is 14.6 Å². The van der Waals surface area contributed by atoms with Crippen LogP contribution in [0.2, 0.25) is 0 Å². The lowest BCUT2D eigenvalue weighted by Crippen LogP contribution is -2.24. The Labute approximate surface area is 119 Å². The summed E-state index contributed by atoms with van der Waals surface area (Å²) in [6.45, 7) is 0. The molecular formula is C12H13N3O5S. The van der Waals surface area contributed by atoms with Crippen molar-refractivity contribution in [1.29, 1.82) is 0 Å². The third-order valence-electron chi connectivity index (χ3n) is 3.72. The lowest BCUT2D eigenvalue weighted by atomic mass is 9.99. The highest BCUT2D eigenvalue weighted by Gasteiger charge is 2.27. The van der Waals surface area contributed by atoms with Gasteiger partial charge in [-0.25, -0.2) is 13.2 Å². The SMILES string of the molecule is O=C(O)c1c[nH]c2cc(C3CCS(=O)(=O)CC3)nn2c1=O. The number of fused-ring (bicyclic) bond motifs is 1. The quantitative estimate of drug-likeness (QED) is 0.806. The number of H-pyrrole nitrogens is 1. The van der Waals surface area contributed by atoms with Crippen LogP contribution in [0.4, 0.5) is 0 Å². The summed E-state index contributed by atoms with van der Waals surface area (Å²) in [6.07, 6.45) is 2.06. The van der Waals surface area contributed by atoms with E-state index in [1.165, 1.54) is 0 Å². The lowest BCUT2D eigenvalue weighted by molar-refractivity contribution is 0.0694. The van der Waals surface area contributed by atoms with Gasteiger partial charge < -0.3 is 10.1 Å². The van der Waals surface area contributed by atoms with Crippen LogP contribution in [0.15, 0.2) is 17.1 Å². The Morgan fingerprint density at radius 3 is 2.67 bits per heavy atom. The topological polar surface area (TPSA) is 122 Å². The van der Waals surface area contributed by atoms with Gasteiger partial charge in [-0.15, -0.1) is 0 Å². The van der Waals surface area contributed by atoms with Crippen LogP contribution in [0.25, 0.3) is 5.65 Å². The number of carboxylic acid groups (broad SMARTS) is 1. The highest BCUT2D eigenvalue weighted by Crippen LogP contribution is 2.28. The van der Waals surface area contributed by atoms with Gasteiger partial charge in [0.15, 0.2) is 0 Å². The predicted molar refractivity (Wildman–Crippen MR) is 73.4 cm³/mol. The van der Waals surface area contributed by atoms with Crippen molar-refractivity contribution in [2.75, 3.05) is 11.5 Å². The summed E-state index contributed by atoms with van der Waals surface area (Å²) in [5, 5.41) is 13.1. The second kappa shape index (κ2) is 4.69. The smallest absolute Gasteiger partial charge is 0.342 e. The van der Waals surface area contributed by atoms with Crippen molar-refractivity contribution < 1.29 is 18.3 Å². The van der Waals surface area contributed by atoms with Gasteiger partial charge in [-0.2, -0.15) is 9.61 Å². The Balaban J connectivity index is 2.01. The van der Waals surface area contributed by atoms with Gasteiger partial charge in [-0.1, -0.05) is 0 Å². The molecule has 0 aromatic carbocycles. The second-order valence-electron chi connectivity index (χ2n) is 5.10. The molecule has 1 aliphatic heterocycles. The molecule has 2 N–H and O–H groups in total. The zero-order chi connectivity index (χ0) is 15.2. The number of aromatic carboxylic acids is 1. The van der Waals surface area contributed by atoms with E-state index in [2.05, 4.69) is 10.1 Å².